The quantitative estimate of drug-likeness (QED) is 0.773. The van der Waals surface area contributed by atoms with E-state index in [2.05, 4.69) is 0 Å². The molecule has 0 spiro atoms. The highest BCUT2D eigenvalue weighted by molar-refractivity contribution is 6.32. The Kier molecular flexibility index (Phi) is 3.26. The van der Waals surface area contributed by atoms with E-state index in [-0.39, 0.29) is 0 Å². The maximum absolute atomic E-state index is 10.6. The molecule has 3 heteroatoms. The summed E-state index contributed by atoms with van der Waals surface area (Å²) in [5, 5.41) is 0.629. The molecule has 0 amide bonds. The van der Waals surface area contributed by atoms with Crippen molar-refractivity contribution >= 4 is 17.9 Å². The van der Waals surface area contributed by atoms with Gasteiger partial charge in [-0.05, 0) is 36.1 Å². The third-order valence-electron chi connectivity index (χ3n) is 3.13. The number of benzene rings is 2. The van der Waals surface area contributed by atoms with Gasteiger partial charge in [0, 0.05) is 5.56 Å². The van der Waals surface area contributed by atoms with Gasteiger partial charge in [0.05, 0.1) is 11.1 Å². The summed E-state index contributed by atoms with van der Waals surface area (Å²) >= 11 is 6.23. The number of aldehydes is 1. The molecule has 1 saturated carbocycles. The Bertz CT molecular complexity index is 601. The van der Waals surface area contributed by atoms with Crippen LogP contribution in [0, 0.1) is 0 Å². The van der Waals surface area contributed by atoms with Crippen molar-refractivity contribution in [2.24, 2.45) is 0 Å². The summed E-state index contributed by atoms with van der Waals surface area (Å²) in [4.78, 5) is 10.6. The van der Waals surface area contributed by atoms with Crippen LogP contribution in [0.25, 0.3) is 11.1 Å². The Balaban J connectivity index is 1.87. The fraction of sp³-hybridized carbons (Fsp3) is 0.188. The Hall–Kier alpha value is -1.80. The molecule has 2 nitrogen and oxygen atoms in total. The number of carbonyl (C=O) groups excluding carboxylic acids is 1. The zero-order chi connectivity index (χ0) is 13.2. The van der Waals surface area contributed by atoms with E-state index >= 15 is 0 Å². The van der Waals surface area contributed by atoms with Crippen LogP contribution in [0.15, 0.2) is 42.5 Å². The minimum Gasteiger partial charge on any atom is -0.489 e. The SMILES string of the molecule is O=Cc1ccc(-c2ccc(OC3CC3)c(Cl)c2)cc1. The van der Waals surface area contributed by atoms with Crippen LogP contribution >= 0.6 is 11.6 Å². The third kappa shape index (κ3) is 2.79. The largest absolute Gasteiger partial charge is 0.489 e. The lowest BCUT2D eigenvalue weighted by Gasteiger charge is -2.09. The van der Waals surface area contributed by atoms with E-state index in [1.807, 2.05) is 30.3 Å². The first kappa shape index (κ1) is 12.2. The summed E-state index contributed by atoms with van der Waals surface area (Å²) in [6.07, 6.45) is 3.41. The topological polar surface area (TPSA) is 26.3 Å². The summed E-state index contributed by atoms with van der Waals surface area (Å²) in [5.41, 5.74) is 2.72. The average Bonchev–Trinajstić information content (AvgIpc) is 3.25. The van der Waals surface area contributed by atoms with Crippen molar-refractivity contribution in [3.05, 3.63) is 53.1 Å². The minimum absolute atomic E-state index is 0.343. The normalized spacial score (nSPS) is 14.2. The molecule has 2 aromatic rings. The highest BCUT2D eigenvalue weighted by atomic mass is 35.5. The second-order valence-corrected chi connectivity index (χ2v) is 5.11. The summed E-state index contributed by atoms with van der Waals surface area (Å²) in [6, 6.07) is 13.2. The van der Waals surface area contributed by atoms with Gasteiger partial charge in [0.15, 0.2) is 0 Å². The monoisotopic (exact) mass is 272 g/mol. The van der Waals surface area contributed by atoms with E-state index < -0.39 is 0 Å². The fourth-order valence-corrected chi connectivity index (χ4v) is 2.12. The lowest BCUT2D eigenvalue weighted by atomic mass is 10.0. The van der Waals surface area contributed by atoms with Crippen molar-refractivity contribution in [1.29, 1.82) is 0 Å². The zero-order valence-corrected chi connectivity index (χ0v) is 11.1. The molecule has 0 heterocycles. The first-order valence-corrected chi connectivity index (χ1v) is 6.66. The highest BCUT2D eigenvalue weighted by Crippen LogP contribution is 2.34. The van der Waals surface area contributed by atoms with Crippen LogP contribution in [-0.4, -0.2) is 12.4 Å². The van der Waals surface area contributed by atoms with E-state index in [0.29, 0.717) is 16.7 Å². The first-order valence-electron chi connectivity index (χ1n) is 6.28. The molecule has 0 unspecified atom stereocenters. The predicted octanol–water partition coefficient (Wildman–Crippen LogP) is 4.36. The minimum atomic E-state index is 0.343. The van der Waals surface area contributed by atoms with Crippen LogP contribution in [0.3, 0.4) is 0 Å². The van der Waals surface area contributed by atoms with Crippen LogP contribution in [0.5, 0.6) is 5.75 Å². The molecule has 1 aliphatic carbocycles. The van der Waals surface area contributed by atoms with Gasteiger partial charge in [-0.3, -0.25) is 4.79 Å². The second kappa shape index (κ2) is 5.06. The number of ether oxygens (including phenoxy) is 1. The van der Waals surface area contributed by atoms with Crippen molar-refractivity contribution < 1.29 is 9.53 Å². The van der Waals surface area contributed by atoms with Crippen LogP contribution < -0.4 is 4.74 Å². The standard InChI is InChI=1S/C16H13ClO2/c17-15-9-13(5-8-16(15)19-14-6-7-14)12-3-1-11(10-18)2-4-12/h1-5,8-10,14H,6-7H2. The van der Waals surface area contributed by atoms with Gasteiger partial charge in [0.1, 0.15) is 12.0 Å². The molecular formula is C16H13ClO2. The summed E-state index contributed by atoms with van der Waals surface area (Å²) < 4.78 is 5.71. The molecule has 0 aliphatic heterocycles. The van der Waals surface area contributed by atoms with Crippen LogP contribution in [0.2, 0.25) is 5.02 Å². The molecule has 1 aliphatic rings. The number of hydrogen-bond donors (Lipinski definition) is 0. The van der Waals surface area contributed by atoms with E-state index in [1.54, 1.807) is 12.1 Å². The van der Waals surface area contributed by atoms with Gasteiger partial charge in [0.25, 0.3) is 0 Å². The summed E-state index contributed by atoms with van der Waals surface area (Å²) in [5.74, 6) is 0.748. The molecule has 96 valence electrons. The molecular weight excluding hydrogens is 260 g/mol. The Morgan fingerprint density at radius 2 is 1.74 bits per heavy atom. The van der Waals surface area contributed by atoms with Crippen molar-refractivity contribution in [3.8, 4) is 16.9 Å². The van der Waals surface area contributed by atoms with Gasteiger partial charge in [-0.2, -0.15) is 0 Å². The third-order valence-corrected chi connectivity index (χ3v) is 3.43. The van der Waals surface area contributed by atoms with E-state index in [0.717, 1.165) is 36.0 Å². The highest BCUT2D eigenvalue weighted by Gasteiger charge is 2.24. The molecule has 0 bridgehead atoms. The lowest BCUT2D eigenvalue weighted by molar-refractivity contribution is 0.112. The van der Waals surface area contributed by atoms with Crippen molar-refractivity contribution in [2.45, 2.75) is 18.9 Å². The average molecular weight is 273 g/mol. The Morgan fingerprint density at radius 1 is 1.05 bits per heavy atom. The smallest absolute Gasteiger partial charge is 0.150 e. The van der Waals surface area contributed by atoms with Crippen molar-refractivity contribution in [2.75, 3.05) is 0 Å². The molecule has 0 saturated heterocycles. The fourth-order valence-electron chi connectivity index (χ4n) is 1.90. The molecule has 19 heavy (non-hydrogen) atoms. The summed E-state index contributed by atoms with van der Waals surface area (Å²) in [7, 11) is 0. The molecule has 0 radical (unpaired) electrons. The molecule has 3 rings (SSSR count). The maximum atomic E-state index is 10.6. The number of carbonyl (C=O) groups is 1. The summed E-state index contributed by atoms with van der Waals surface area (Å²) in [6.45, 7) is 0. The maximum Gasteiger partial charge on any atom is 0.150 e. The molecule has 1 fully saturated rings. The van der Waals surface area contributed by atoms with E-state index in [4.69, 9.17) is 16.3 Å². The number of hydrogen-bond acceptors (Lipinski definition) is 2. The first-order chi connectivity index (χ1) is 9.26. The van der Waals surface area contributed by atoms with Gasteiger partial charge < -0.3 is 4.74 Å². The van der Waals surface area contributed by atoms with E-state index in [1.165, 1.54) is 0 Å². The zero-order valence-electron chi connectivity index (χ0n) is 10.3. The lowest BCUT2D eigenvalue weighted by Crippen LogP contribution is -1.96. The Morgan fingerprint density at radius 3 is 2.32 bits per heavy atom. The number of rotatable bonds is 4. The van der Waals surface area contributed by atoms with Gasteiger partial charge in [0.2, 0.25) is 0 Å². The Labute approximate surface area is 117 Å². The molecule has 0 N–H and O–H groups in total. The van der Waals surface area contributed by atoms with E-state index in [9.17, 15) is 4.79 Å². The van der Waals surface area contributed by atoms with Crippen LogP contribution in [0.1, 0.15) is 23.2 Å². The second-order valence-electron chi connectivity index (χ2n) is 4.70. The van der Waals surface area contributed by atoms with Gasteiger partial charge in [-0.1, -0.05) is 41.9 Å². The number of halogens is 1. The van der Waals surface area contributed by atoms with Gasteiger partial charge >= 0.3 is 0 Å². The van der Waals surface area contributed by atoms with Crippen molar-refractivity contribution in [3.63, 3.8) is 0 Å². The molecule has 0 aromatic heterocycles. The molecule has 0 atom stereocenters. The van der Waals surface area contributed by atoms with Crippen molar-refractivity contribution in [1.82, 2.24) is 0 Å². The van der Waals surface area contributed by atoms with Gasteiger partial charge in [-0.15, -0.1) is 0 Å². The van der Waals surface area contributed by atoms with Crippen LogP contribution in [0.4, 0.5) is 0 Å². The predicted molar refractivity (Wildman–Crippen MR) is 75.9 cm³/mol. The molecule has 2 aromatic carbocycles. The van der Waals surface area contributed by atoms with Crippen LogP contribution in [-0.2, 0) is 0 Å². The van der Waals surface area contributed by atoms with Gasteiger partial charge in [-0.25, -0.2) is 0 Å².